The zero-order valence-corrected chi connectivity index (χ0v) is 9.29. The minimum Gasteiger partial charge on any atom is -0.298 e. The Kier molecular flexibility index (Phi) is 2.64. The van der Waals surface area contributed by atoms with Gasteiger partial charge in [0.05, 0.1) is 0 Å². The Labute approximate surface area is 82.5 Å². The lowest BCUT2D eigenvalue weighted by molar-refractivity contribution is 0.190. The van der Waals surface area contributed by atoms with Crippen molar-refractivity contribution in [2.75, 3.05) is 6.54 Å². The third kappa shape index (κ3) is 1.63. The van der Waals surface area contributed by atoms with Crippen LogP contribution in [0, 0.1) is 11.8 Å². The van der Waals surface area contributed by atoms with Gasteiger partial charge in [0.15, 0.2) is 0 Å². The minimum absolute atomic E-state index is 0.751. The molecule has 1 nitrogen and oxygen atoms in total. The Morgan fingerprint density at radius 3 is 2.46 bits per heavy atom. The van der Waals surface area contributed by atoms with Gasteiger partial charge in [0.1, 0.15) is 0 Å². The predicted octanol–water partition coefficient (Wildman–Crippen LogP) is 2.91. The van der Waals surface area contributed by atoms with Crippen LogP contribution < -0.4 is 0 Å². The Morgan fingerprint density at radius 2 is 1.85 bits per heavy atom. The van der Waals surface area contributed by atoms with Crippen LogP contribution in [0.5, 0.6) is 0 Å². The summed E-state index contributed by atoms with van der Waals surface area (Å²) in [6, 6.07) is 1.60. The molecule has 2 aliphatic rings. The van der Waals surface area contributed by atoms with E-state index in [0.717, 1.165) is 23.9 Å². The summed E-state index contributed by atoms with van der Waals surface area (Å²) in [7, 11) is 0. The van der Waals surface area contributed by atoms with Crippen molar-refractivity contribution in [2.24, 2.45) is 11.8 Å². The molecule has 2 fully saturated rings. The summed E-state index contributed by atoms with van der Waals surface area (Å²) in [4.78, 5) is 2.71. The smallest absolute Gasteiger partial charge is 0.0101 e. The molecule has 0 aromatic carbocycles. The number of nitrogens with zero attached hydrogens (tertiary/aromatic N) is 1. The van der Waals surface area contributed by atoms with Gasteiger partial charge in [0.2, 0.25) is 0 Å². The third-order valence-corrected chi connectivity index (χ3v) is 4.22. The van der Waals surface area contributed by atoms with Crippen LogP contribution >= 0.6 is 0 Å². The molecule has 0 radical (unpaired) electrons. The highest BCUT2D eigenvalue weighted by Crippen LogP contribution is 2.40. The van der Waals surface area contributed by atoms with Crippen LogP contribution in [0.2, 0.25) is 0 Å². The topological polar surface area (TPSA) is 3.24 Å². The lowest BCUT2D eigenvalue weighted by atomic mass is 9.79. The van der Waals surface area contributed by atoms with Gasteiger partial charge in [0, 0.05) is 18.6 Å². The van der Waals surface area contributed by atoms with E-state index in [-0.39, 0.29) is 0 Å². The van der Waals surface area contributed by atoms with E-state index in [1.807, 2.05) is 0 Å². The second-order valence-electron chi connectivity index (χ2n) is 5.24. The second kappa shape index (κ2) is 3.61. The highest BCUT2D eigenvalue weighted by atomic mass is 15.2. The molecule has 0 bridgehead atoms. The first-order valence-electron chi connectivity index (χ1n) is 5.96. The zero-order chi connectivity index (χ0) is 9.42. The number of hydrogen-bond acceptors (Lipinski definition) is 1. The normalized spacial score (nSPS) is 41.1. The van der Waals surface area contributed by atoms with Crippen molar-refractivity contribution in [3.8, 4) is 0 Å². The van der Waals surface area contributed by atoms with E-state index in [1.54, 1.807) is 0 Å². The largest absolute Gasteiger partial charge is 0.298 e. The average molecular weight is 181 g/mol. The molecular weight excluding hydrogens is 158 g/mol. The summed E-state index contributed by atoms with van der Waals surface area (Å²) in [6.07, 6.45) is 5.96. The van der Waals surface area contributed by atoms with E-state index in [4.69, 9.17) is 0 Å². The summed E-state index contributed by atoms with van der Waals surface area (Å²) in [5, 5.41) is 0. The Morgan fingerprint density at radius 1 is 1.15 bits per heavy atom. The van der Waals surface area contributed by atoms with E-state index in [1.165, 1.54) is 32.2 Å². The lowest BCUT2D eigenvalue weighted by Gasteiger charge is -2.29. The summed E-state index contributed by atoms with van der Waals surface area (Å²) in [5.74, 6) is 2.06. The Balaban J connectivity index is 2.05. The number of likely N-dealkylation sites (tertiary alicyclic amines) is 1. The molecule has 1 heterocycles. The van der Waals surface area contributed by atoms with E-state index < -0.39 is 0 Å². The van der Waals surface area contributed by atoms with Crippen LogP contribution in [-0.2, 0) is 0 Å². The Hall–Kier alpha value is -0.0400. The molecule has 0 aromatic heterocycles. The Bertz CT molecular complexity index is 174. The maximum atomic E-state index is 2.71. The highest BCUT2D eigenvalue weighted by molar-refractivity contribution is 4.93. The van der Waals surface area contributed by atoms with E-state index in [0.29, 0.717) is 0 Å². The fourth-order valence-corrected chi connectivity index (χ4v) is 3.46. The van der Waals surface area contributed by atoms with Crippen LogP contribution in [-0.4, -0.2) is 23.5 Å². The molecule has 1 aliphatic carbocycles. The van der Waals surface area contributed by atoms with Crippen molar-refractivity contribution in [1.82, 2.24) is 4.90 Å². The fraction of sp³-hybridized carbons (Fsp3) is 1.00. The van der Waals surface area contributed by atoms with Gasteiger partial charge in [0.25, 0.3) is 0 Å². The third-order valence-electron chi connectivity index (χ3n) is 4.22. The average Bonchev–Trinajstić information content (AvgIpc) is 2.45. The molecule has 76 valence electrons. The first-order chi connectivity index (χ1) is 6.20. The molecule has 1 saturated carbocycles. The van der Waals surface area contributed by atoms with E-state index in [9.17, 15) is 0 Å². The number of fused-ring (bicyclic) bond motifs is 1. The van der Waals surface area contributed by atoms with E-state index >= 15 is 0 Å². The van der Waals surface area contributed by atoms with Gasteiger partial charge < -0.3 is 0 Å². The predicted molar refractivity (Wildman–Crippen MR) is 56.8 cm³/mol. The van der Waals surface area contributed by atoms with E-state index in [2.05, 4.69) is 25.7 Å². The van der Waals surface area contributed by atoms with Gasteiger partial charge >= 0.3 is 0 Å². The van der Waals surface area contributed by atoms with Gasteiger partial charge in [-0.05, 0) is 45.4 Å². The monoisotopic (exact) mass is 181 g/mol. The highest BCUT2D eigenvalue weighted by Gasteiger charge is 2.40. The maximum absolute atomic E-state index is 2.71. The van der Waals surface area contributed by atoms with Gasteiger partial charge in [-0.25, -0.2) is 0 Å². The molecule has 1 saturated heterocycles. The van der Waals surface area contributed by atoms with Crippen LogP contribution in [0.1, 0.15) is 46.5 Å². The molecule has 0 amide bonds. The SMILES string of the molecule is CC(C)N1CC2CCCCC2C1C. The summed E-state index contributed by atoms with van der Waals surface area (Å²) in [6.45, 7) is 8.50. The van der Waals surface area contributed by atoms with Crippen molar-refractivity contribution in [3.63, 3.8) is 0 Å². The molecular formula is C12H23N. The van der Waals surface area contributed by atoms with Crippen LogP contribution in [0.4, 0.5) is 0 Å². The number of rotatable bonds is 1. The molecule has 0 N–H and O–H groups in total. The minimum atomic E-state index is 0.751. The first kappa shape index (κ1) is 9.51. The molecule has 0 spiro atoms. The van der Waals surface area contributed by atoms with Gasteiger partial charge in [-0.3, -0.25) is 4.90 Å². The van der Waals surface area contributed by atoms with Gasteiger partial charge in [-0.1, -0.05) is 12.8 Å². The summed E-state index contributed by atoms with van der Waals surface area (Å²) >= 11 is 0. The zero-order valence-electron chi connectivity index (χ0n) is 9.29. The quantitative estimate of drug-likeness (QED) is 0.601. The molecule has 2 rings (SSSR count). The summed E-state index contributed by atoms with van der Waals surface area (Å²) in [5.41, 5.74) is 0. The van der Waals surface area contributed by atoms with Crippen molar-refractivity contribution in [2.45, 2.75) is 58.5 Å². The molecule has 1 heteroatoms. The second-order valence-corrected chi connectivity index (χ2v) is 5.24. The van der Waals surface area contributed by atoms with Crippen molar-refractivity contribution < 1.29 is 0 Å². The van der Waals surface area contributed by atoms with Crippen LogP contribution in [0.15, 0.2) is 0 Å². The van der Waals surface area contributed by atoms with Crippen molar-refractivity contribution >= 4 is 0 Å². The van der Waals surface area contributed by atoms with Crippen molar-refractivity contribution in [3.05, 3.63) is 0 Å². The maximum Gasteiger partial charge on any atom is 0.0101 e. The summed E-state index contributed by atoms with van der Waals surface area (Å²) < 4.78 is 0. The van der Waals surface area contributed by atoms with Gasteiger partial charge in [-0.15, -0.1) is 0 Å². The van der Waals surface area contributed by atoms with Gasteiger partial charge in [-0.2, -0.15) is 0 Å². The standard InChI is InChI=1S/C12H23N/c1-9(2)13-8-11-6-4-5-7-12(11)10(13)3/h9-12H,4-8H2,1-3H3. The first-order valence-corrected chi connectivity index (χ1v) is 5.96. The van der Waals surface area contributed by atoms with Crippen LogP contribution in [0.3, 0.4) is 0 Å². The molecule has 1 aliphatic heterocycles. The fourth-order valence-electron chi connectivity index (χ4n) is 3.46. The van der Waals surface area contributed by atoms with Crippen molar-refractivity contribution in [1.29, 1.82) is 0 Å². The molecule has 0 aromatic rings. The van der Waals surface area contributed by atoms with Crippen LogP contribution in [0.25, 0.3) is 0 Å². The molecule has 3 atom stereocenters. The lowest BCUT2D eigenvalue weighted by Crippen LogP contribution is -2.35. The number of hydrogen-bond donors (Lipinski definition) is 0. The molecule has 13 heavy (non-hydrogen) atoms. The molecule has 3 unspecified atom stereocenters.